The van der Waals surface area contributed by atoms with E-state index >= 15 is 0 Å². The monoisotopic (exact) mass is 241 g/mol. The van der Waals surface area contributed by atoms with E-state index in [0.717, 1.165) is 23.6 Å². The third-order valence-corrected chi connectivity index (χ3v) is 3.13. The smallest absolute Gasteiger partial charge is 0.255 e. The van der Waals surface area contributed by atoms with E-state index in [-0.39, 0.29) is 11.9 Å². The van der Waals surface area contributed by atoms with Gasteiger partial charge in [0, 0.05) is 11.7 Å². The molecular weight excluding hydrogens is 222 g/mol. The second-order valence-electron chi connectivity index (χ2n) is 3.97. The molecule has 0 fully saturated rings. The van der Waals surface area contributed by atoms with Crippen molar-refractivity contribution in [3.63, 3.8) is 0 Å². The van der Waals surface area contributed by atoms with Gasteiger partial charge in [-0.3, -0.25) is 9.89 Å². The molecule has 1 rings (SSSR count). The van der Waals surface area contributed by atoms with Crippen molar-refractivity contribution in [1.82, 2.24) is 15.5 Å². The Morgan fingerprint density at radius 2 is 2.25 bits per heavy atom. The number of carbonyl (C=O) groups is 1. The summed E-state index contributed by atoms with van der Waals surface area (Å²) in [6.45, 7) is 5.73. The van der Waals surface area contributed by atoms with Crippen LogP contribution in [-0.4, -0.2) is 34.2 Å². The third kappa shape index (κ3) is 3.27. The Balaban J connectivity index is 2.59. The summed E-state index contributed by atoms with van der Waals surface area (Å²) in [7, 11) is 0. The first-order chi connectivity index (χ1) is 7.56. The Bertz CT molecular complexity index is 343. The summed E-state index contributed by atoms with van der Waals surface area (Å²) < 4.78 is 0. The lowest BCUT2D eigenvalue weighted by Gasteiger charge is -2.13. The number of rotatable bonds is 5. The highest BCUT2D eigenvalue weighted by Gasteiger charge is 2.16. The Kier molecular flexibility index (Phi) is 4.86. The van der Waals surface area contributed by atoms with Gasteiger partial charge in [0.1, 0.15) is 0 Å². The highest BCUT2D eigenvalue weighted by Crippen LogP contribution is 2.09. The average molecular weight is 241 g/mol. The van der Waals surface area contributed by atoms with Crippen LogP contribution in [0.2, 0.25) is 0 Å². The molecule has 0 spiro atoms. The van der Waals surface area contributed by atoms with Gasteiger partial charge in [-0.25, -0.2) is 0 Å². The average Bonchev–Trinajstić information content (AvgIpc) is 2.55. The van der Waals surface area contributed by atoms with Crippen LogP contribution in [0.25, 0.3) is 0 Å². The Labute approximate surface area is 101 Å². The zero-order valence-electron chi connectivity index (χ0n) is 10.3. The van der Waals surface area contributed by atoms with Crippen LogP contribution in [0, 0.1) is 13.8 Å². The summed E-state index contributed by atoms with van der Waals surface area (Å²) in [6.07, 6.45) is 3.06. The van der Waals surface area contributed by atoms with E-state index in [1.807, 2.05) is 20.8 Å². The molecule has 1 unspecified atom stereocenters. The molecule has 2 N–H and O–H groups in total. The Morgan fingerprint density at radius 3 is 2.75 bits per heavy atom. The minimum Gasteiger partial charge on any atom is -0.349 e. The molecule has 1 heterocycles. The van der Waals surface area contributed by atoms with E-state index in [1.165, 1.54) is 0 Å². The van der Waals surface area contributed by atoms with Gasteiger partial charge in [-0.2, -0.15) is 16.9 Å². The first kappa shape index (κ1) is 13.1. The fourth-order valence-electron chi connectivity index (χ4n) is 1.55. The topological polar surface area (TPSA) is 57.8 Å². The summed E-state index contributed by atoms with van der Waals surface area (Å²) in [4.78, 5) is 11.9. The number of amides is 1. The van der Waals surface area contributed by atoms with Gasteiger partial charge in [0.2, 0.25) is 0 Å². The number of nitrogens with zero attached hydrogens (tertiary/aromatic N) is 1. The molecular formula is C11H19N3OS. The van der Waals surface area contributed by atoms with Crippen LogP contribution < -0.4 is 5.32 Å². The summed E-state index contributed by atoms with van der Waals surface area (Å²) in [6, 6.07) is 0.202. The molecule has 5 heteroatoms. The van der Waals surface area contributed by atoms with E-state index in [2.05, 4.69) is 21.8 Å². The van der Waals surface area contributed by atoms with Gasteiger partial charge >= 0.3 is 0 Å². The van der Waals surface area contributed by atoms with Crippen LogP contribution in [0.5, 0.6) is 0 Å². The van der Waals surface area contributed by atoms with Crippen molar-refractivity contribution in [2.75, 3.05) is 12.0 Å². The Hall–Kier alpha value is -0.970. The van der Waals surface area contributed by atoms with Crippen LogP contribution in [0.1, 0.15) is 35.1 Å². The molecule has 0 radical (unpaired) electrons. The lowest BCUT2D eigenvalue weighted by Crippen LogP contribution is -2.33. The molecule has 16 heavy (non-hydrogen) atoms. The molecule has 1 atom stereocenters. The van der Waals surface area contributed by atoms with E-state index < -0.39 is 0 Å². The largest absolute Gasteiger partial charge is 0.349 e. The van der Waals surface area contributed by atoms with Crippen molar-refractivity contribution in [1.29, 1.82) is 0 Å². The van der Waals surface area contributed by atoms with Crippen LogP contribution in [0.4, 0.5) is 0 Å². The summed E-state index contributed by atoms with van der Waals surface area (Å²) in [5, 5.41) is 9.82. The molecule has 0 saturated carbocycles. The molecule has 90 valence electrons. The summed E-state index contributed by atoms with van der Waals surface area (Å²) in [5.41, 5.74) is 2.26. The predicted molar refractivity (Wildman–Crippen MR) is 68.0 cm³/mol. The number of aromatic nitrogens is 2. The van der Waals surface area contributed by atoms with Crippen LogP contribution in [0.15, 0.2) is 0 Å². The first-order valence-electron chi connectivity index (χ1n) is 5.37. The second kappa shape index (κ2) is 5.94. The maximum absolute atomic E-state index is 11.9. The highest BCUT2D eigenvalue weighted by atomic mass is 32.2. The normalized spacial score (nSPS) is 12.5. The van der Waals surface area contributed by atoms with E-state index in [4.69, 9.17) is 0 Å². The minimum atomic E-state index is -0.0302. The van der Waals surface area contributed by atoms with Crippen LogP contribution in [-0.2, 0) is 0 Å². The maximum Gasteiger partial charge on any atom is 0.255 e. The van der Waals surface area contributed by atoms with Crippen LogP contribution in [0.3, 0.4) is 0 Å². The van der Waals surface area contributed by atoms with Gasteiger partial charge in [-0.15, -0.1) is 0 Å². The number of aromatic amines is 1. The molecule has 4 nitrogen and oxygen atoms in total. The SMILES string of the molecule is CSCCC(C)NC(=O)c1c(C)n[nH]c1C. The van der Waals surface area contributed by atoms with Crippen molar-refractivity contribution in [2.24, 2.45) is 0 Å². The Morgan fingerprint density at radius 1 is 1.56 bits per heavy atom. The number of hydrogen-bond acceptors (Lipinski definition) is 3. The third-order valence-electron chi connectivity index (χ3n) is 2.49. The van der Waals surface area contributed by atoms with Crippen molar-refractivity contribution >= 4 is 17.7 Å². The van der Waals surface area contributed by atoms with E-state index in [1.54, 1.807) is 11.8 Å². The van der Waals surface area contributed by atoms with Crippen molar-refractivity contribution < 1.29 is 4.79 Å². The number of hydrogen-bond donors (Lipinski definition) is 2. The second-order valence-corrected chi connectivity index (χ2v) is 4.95. The number of thioether (sulfide) groups is 1. The number of nitrogens with one attached hydrogen (secondary N) is 2. The molecule has 0 aromatic carbocycles. The molecule has 1 aromatic heterocycles. The lowest BCUT2D eigenvalue weighted by molar-refractivity contribution is 0.0938. The highest BCUT2D eigenvalue weighted by molar-refractivity contribution is 7.98. The number of aryl methyl sites for hydroxylation is 2. The first-order valence-corrected chi connectivity index (χ1v) is 6.77. The standard InChI is InChI=1S/C11H19N3OS/c1-7(5-6-16-4)12-11(15)10-8(2)13-14-9(10)3/h7H,5-6H2,1-4H3,(H,12,15)(H,13,14). The maximum atomic E-state index is 11.9. The van der Waals surface area contributed by atoms with Crippen molar-refractivity contribution in [3.8, 4) is 0 Å². The fraction of sp³-hybridized carbons (Fsp3) is 0.636. The van der Waals surface area contributed by atoms with Gasteiger partial charge in [-0.1, -0.05) is 0 Å². The zero-order chi connectivity index (χ0) is 12.1. The quantitative estimate of drug-likeness (QED) is 0.827. The number of H-pyrrole nitrogens is 1. The summed E-state index contributed by atoms with van der Waals surface area (Å²) >= 11 is 1.79. The van der Waals surface area contributed by atoms with Gasteiger partial charge in [-0.05, 0) is 39.2 Å². The molecule has 1 aromatic rings. The van der Waals surface area contributed by atoms with Gasteiger partial charge in [0.15, 0.2) is 0 Å². The molecule has 0 saturated heterocycles. The zero-order valence-corrected chi connectivity index (χ0v) is 11.1. The molecule has 0 aliphatic carbocycles. The molecule has 0 aliphatic heterocycles. The molecule has 0 bridgehead atoms. The van der Waals surface area contributed by atoms with E-state index in [0.29, 0.717) is 5.56 Å². The van der Waals surface area contributed by atoms with Crippen LogP contribution >= 0.6 is 11.8 Å². The van der Waals surface area contributed by atoms with Gasteiger partial charge in [0.05, 0.1) is 11.3 Å². The lowest BCUT2D eigenvalue weighted by atomic mass is 10.1. The molecule has 1 amide bonds. The van der Waals surface area contributed by atoms with Crippen molar-refractivity contribution in [3.05, 3.63) is 17.0 Å². The van der Waals surface area contributed by atoms with Crippen molar-refractivity contribution in [2.45, 2.75) is 33.2 Å². The predicted octanol–water partition coefficient (Wildman–Crippen LogP) is 1.90. The van der Waals surface area contributed by atoms with Gasteiger partial charge < -0.3 is 5.32 Å². The number of carbonyl (C=O) groups excluding carboxylic acids is 1. The summed E-state index contributed by atoms with van der Waals surface area (Å²) in [5.74, 6) is 1.03. The molecule has 0 aliphatic rings. The minimum absolute atomic E-state index is 0.0302. The van der Waals surface area contributed by atoms with Gasteiger partial charge in [0.25, 0.3) is 5.91 Å². The fourth-order valence-corrected chi connectivity index (χ4v) is 2.14. The van der Waals surface area contributed by atoms with E-state index in [9.17, 15) is 4.79 Å².